The number of pyridine rings is 1. The Morgan fingerprint density at radius 3 is 2.62 bits per heavy atom. The first-order valence-corrected chi connectivity index (χ1v) is 7.89. The molecular weight excluding hydrogens is 304 g/mol. The van der Waals surface area contributed by atoms with Gasteiger partial charge in [0.2, 0.25) is 5.43 Å². The SMILES string of the molecule is Cc1oc2c(C[NH+](C)C)c(O)cc(C)c2c(=O)c1-c1ccccn1. The number of hydrogen-bond acceptors (Lipinski definition) is 4. The number of phenols is 1. The molecule has 0 radical (unpaired) electrons. The number of benzene rings is 1. The van der Waals surface area contributed by atoms with E-state index < -0.39 is 0 Å². The Hall–Kier alpha value is -2.66. The molecule has 0 amide bonds. The van der Waals surface area contributed by atoms with Crippen molar-refractivity contribution in [3.05, 3.63) is 57.6 Å². The summed E-state index contributed by atoms with van der Waals surface area (Å²) >= 11 is 0. The van der Waals surface area contributed by atoms with Gasteiger partial charge in [0.1, 0.15) is 18.1 Å². The summed E-state index contributed by atoms with van der Waals surface area (Å²) in [5.74, 6) is 0.667. The fraction of sp³-hybridized carbons (Fsp3) is 0.263. The third-order valence-corrected chi connectivity index (χ3v) is 4.07. The molecule has 5 heteroatoms. The quantitative estimate of drug-likeness (QED) is 0.771. The zero-order valence-electron chi connectivity index (χ0n) is 14.3. The first-order valence-electron chi connectivity index (χ1n) is 7.89. The van der Waals surface area contributed by atoms with Crippen molar-refractivity contribution < 1.29 is 14.4 Å². The van der Waals surface area contributed by atoms with E-state index in [4.69, 9.17) is 4.42 Å². The minimum Gasteiger partial charge on any atom is -0.507 e. The van der Waals surface area contributed by atoms with Crippen LogP contribution in [0.25, 0.3) is 22.2 Å². The van der Waals surface area contributed by atoms with Gasteiger partial charge in [-0.2, -0.15) is 0 Å². The van der Waals surface area contributed by atoms with Crippen LogP contribution >= 0.6 is 0 Å². The van der Waals surface area contributed by atoms with Gasteiger partial charge in [-0.3, -0.25) is 9.78 Å². The maximum absolute atomic E-state index is 13.1. The summed E-state index contributed by atoms with van der Waals surface area (Å²) in [7, 11) is 3.97. The molecule has 0 atom stereocenters. The Morgan fingerprint density at radius 2 is 2.00 bits per heavy atom. The minimum absolute atomic E-state index is 0.111. The lowest BCUT2D eigenvalue weighted by atomic mass is 10.00. The largest absolute Gasteiger partial charge is 0.507 e. The average molecular weight is 325 g/mol. The molecule has 0 aliphatic rings. The number of hydrogen-bond donors (Lipinski definition) is 2. The van der Waals surface area contributed by atoms with Crippen LogP contribution in [0.5, 0.6) is 5.75 Å². The summed E-state index contributed by atoms with van der Waals surface area (Å²) in [5.41, 5.74) is 2.78. The van der Waals surface area contributed by atoms with E-state index in [0.29, 0.717) is 45.7 Å². The zero-order valence-corrected chi connectivity index (χ0v) is 14.3. The third kappa shape index (κ3) is 2.67. The number of aromatic hydroxyl groups is 1. The Morgan fingerprint density at radius 1 is 1.25 bits per heavy atom. The summed E-state index contributed by atoms with van der Waals surface area (Å²) < 4.78 is 6.01. The van der Waals surface area contributed by atoms with Gasteiger partial charge in [-0.1, -0.05) is 6.07 Å². The summed E-state index contributed by atoms with van der Waals surface area (Å²) in [6, 6.07) is 7.08. The molecule has 2 aromatic heterocycles. The van der Waals surface area contributed by atoms with Crippen molar-refractivity contribution >= 4 is 11.0 Å². The van der Waals surface area contributed by atoms with E-state index in [1.54, 1.807) is 25.3 Å². The van der Waals surface area contributed by atoms with Gasteiger partial charge in [-0.25, -0.2) is 0 Å². The molecule has 3 rings (SSSR count). The molecule has 124 valence electrons. The van der Waals surface area contributed by atoms with E-state index in [1.807, 2.05) is 33.2 Å². The van der Waals surface area contributed by atoms with Gasteiger partial charge in [-0.05, 0) is 37.6 Å². The number of aryl methyl sites for hydroxylation is 2. The number of quaternary nitrogens is 1. The smallest absolute Gasteiger partial charge is 0.202 e. The highest BCUT2D eigenvalue weighted by atomic mass is 16.3. The minimum atomic E-state index is -0.111. The van der Waals surface area contributed by atoms with Crippen molar-refractivity contribution in [2.24, 2.45) is 0 Å². The van der Waals surface area contributed by atoms with Gasteiger partial charge >= 0.3 is 0 Å². The topological polar surface area (TPSA) is 67.8 Å². The van der Waals surface area contributed by atoms with E-state index in [1.165, 1.54) is 0 Å². The number of aromatic nitrogens is 1. The molecule has 3 aromatic rings. The second-order valence-corrected chi connectivity index (χ2v) is 6.36. The molecule has 5 nitrogen and oxygen atoms in total. The highest BCUT2D eigenvalue weighted by Gasteiger charge is 2.21. The monoisotopic (exact) mass is 325 g/mol. The van der Waals surface area contributed by atoms with E-state index in [0.717, 1.165) is 4.90 Å². The number of nitrogens with zero attached hydrogens (tertiary/aromatic N) is 1. The molecule has 0 spiro atoms. The number of rotatable bonds is 3. The molecule has 2 N–H and O–H groups in total. The van der Waals surface area contributed by atoms with Gasteiger partial charge in [0, 0.05) is 6.20 Å². The van der Waals surface area contributed by atoms with Crippen LogP contribution in [-0.2, 0) is 6.54 Å². The molecule has 0 unspecified atom stereocenters. The van der Waals surface area contributed by atoms with E-state index in [-0.39, 0.29) is 11.2 Å². The molecule has 0 aliphatic heterocycles. The molecule has 0 bridgehead atoms. The number of phenolic OH excluding ortho intramolecular Hbond substituents is 1. The van der Waals surface area contributed by atoms with Crippen molar-refractivity contribution in [2.75, 3.05) is 14.1 Å². The fourth-order valence-corrected chi connectivity index (χ4v) is 3.03. The molecular formula is C19H21N2O3+. The van der Waals surface area contributed by atoms with Crippen LogP contribution in [0.3, 0.4) is 0 Å². The average Bonchev–Trinajstić information content (AvgIpc) is 2.51. The van der Waals surface area contributed by atoms with Gasteiger partial charge in [0.05, 0.1) is 36.3 Å². The summed E-state index contributed by atoms with van der Waals surface area (Å²) in [6.45, 7) is 4.13. The molecule has 2 heterocycles. The number of fused-ring (bicyclic) bond motifs is 1. The van der Waals surface area contributed by atoms with Crippen molar-refractivity contribution in [3.63, 3.8) is 0 Å². The summed E-state index contributed by atoms with van der Waals surface area (Å²) in [5, 5.41) is 10.8. The van der Waals surface area contributed by atoms with Crippen LogP contribution < -0.4 is 10.3 Å². The standard InChI is InChI=1S/C19H20N2O3/c1-11-9-15(22)13(10-21(3)4)19-16(11)18(23)17(12(2)24-19)14-7-5-6-8-20-14/h5-9,22H,10H2,1-4H3/p+1. The molecule has 1 aromatic carbocycles. The molecule has 0 fully saturated rings. The first kappa shape index (κ1) is 16.2. The normalized spacial score (nSPS) is 11.4. The Labute approximate surface area is 140 Å². The second-order valence-electron chi connectivity index (χ2n) is 6.36. The Bertz CT molecular complexity index is 960. The van der Waals surface area contributed by atoms with Crippen LogP contribution in [-0.4, -0.2) is 24.2 Å². The maximum Gasteiger partial charge on any atom is 0.202 e. The third-order valence-electron chi connectivity index (χ3n) is 4.07. The summed E-state index contributed by atoms with van der Waals surface area (Å²) in [6.07, 6.45) is 1.66. The number of nitrogens with one attached hydrogen (secondary N) is 1. The predicted molar refractivity (Wildman–Crippen MR) is 93.4 cm³/mol. The van der Waals surface area contributed by atoms with E-state index >= 15 is 0 Å². The van der Waals surface area contributed by atoms with Crippen LogP contribution in [0.1, 0.15) is 16.9 Å². The van der Waals surface area contributed by atoms with Gasteiger partial charge < -0.3 is 14.4 Å². The summed E-state index contributed by atoms with van der Waals surface area (Å²) in [4.78, 5) is 18.5. The fourth-order valence-electron chi connectivity index (χ4n) is 3.03. The lowest BCUT2D eigenvalue weighted by Crippen LogP contribution is -3.04. The molecule has 24 heavy (non-hydrogen) atoms. The predicted octanol–water partition coefficient (Wildman–Crippen LogP) is 1.82. The van der Waals surface area contributed by atoms with Crippen molar-refractivity contribution in [3.8, 4) is 17.0 Å². The lowest BCUT2D eigenvalue weighted by Gasteiger charge is -2.14. The van der Waals surface area contributed by atoms with Crippen molar-refractivity contribution in [2.45, 2.75) is 20.4 Å². The Balaban J connectivity index is 2.40. The van der Waals surface area contributed by atoms with Crippen LogP contribution in [0.15, 0.2) is 39.7 Å². The van der Waals surface area contributed by atoms with Crippen LogP contribution in [0.2, 0.25) is 0 Å². The van der Waals surface area contributed by atoms with Crippen molar-refractivity contribution in [1.82, 2.24) is 4.98 Å². The lowest BCUT2D eigenvalue weighted by molar-refractivity contribution is -0.872. The molecule has 0 saturated carbocycles. The molecule has 0 aliphatic carbocycles. The van der Waals surface area contributed by atoms with E-state index in [9.17, 15) is 9.90 Å². The van der Waals surface area contributed by atoms with Gasteiger partial charge in [-0.15, -0.1) is 0 Å². The van der Waals surface area contributed by atoms with Gasteiger partial charge in [0.25, 0.3) is 0 Å². The van der Waals surface area contributed by atoms with Gasteiger partial charge in [0.15, 0.2) is 5.58 Å². The van der Waals surface area contributed by atoms with Crippen LogP contribution in [0, 0.1) is 13.8 Å². The Kier molecular flexibility index (Phi) is 4.11. The first-order chi connectivity index (χ1) is 11.4. The van der Waals surface area contributed by atoms with E-state index in [2.05, 4.69) is 4.98 Å². The van der Waals surface area contributed by atoms with Crippen LogP contribution in [0.4, 0.5) is 0 Å². The molecule has 0 saturated heterocycles. The maximum atomic E-state index is 13.1. The highest BCUT2D eigenvalue weighted by Crippen LogP contribution is 2.31. The second kappa shape index (κ2) is 6.09. The van der Waals surface area contributed by atoms with Crippen molar-refractivity contribution in [1.29, 1.82) is 0 Å². The highest BCUT2D eigenvalue weighted by molar-refractivity contribution is 5.88. The zero-order chi connectivity index (χ0) is 17.4.